The Bertz CT molecular complexity index is 612. The van der Waals surface area contributed by atoms with E-state index in [4.69, 9.17) is 4.74 Å². The maximum absolute atomic E-state index is 13.6. The number of carbonyl (C=O) groups excluding carboxylic acids is 1. The third kappa shape index (κ3) is 3.18. The van der Waals surface area contributed by atoms with Crippen molar-refractivity contribution in [2.24, 2.45) is 5.92 Å². The molecule has 6 heteroatoms. The molecule has 0 bridgehead atoms. The molecule has 1 fully saturated rings. The molecule has 0 aromatic heterocycles. The van der Waals surface area contributed by atoms with Crippen LogP contribution >= 0.6 is 0 Å². The van der Waals surface area contributed by atoms with Crippen molar-refractivity contribution in [3.63, 3.8) is 0 Å². The summed E-state index contributed by atoms with van der Waals surface area (Å²) in [5, 5.41) is 9.50. The highest BCUT2D eigenvalue weighted by Gasteiger charge is 2.43. The van der Waals surface area contributed by atoms with Crippen molar-refractivity contribution < 1.29 is 19.0 Å². The number of rotatable bonds is 4. The topological polar surface area (TPSA) is 53.0 Å². The third-order valence-corrected chi connectivity index (χ3v) is 5.22. The van der Waals surface area contributed by atoms with Crippen LogP contribution in [0.1, 0.15) is 24.0 Å². The van der Waals surface area contributed by atoms with Gasteiger partial charge in [-0.1, -0.05) is 6.07 Å². The number of halogens is 1. The van der Waals surface area contributed by atoms with Crippen molar-refractivity contribution in [2.75, 3.05) is 40.3 Å². The summed E-state index contributed by atoms with van der Waals surface area (Å²) in [5.41, 5.74) is 1.65. The molecule has 24 heavy (non-hydrogen) atoms. The van der Waals surface area contributed by atoms with Gasteiger partial charge < -0.3 is 19.6 Å². The summed E-state index contributed by atoms with van der Waals surface area (Å²) < 4.78 is 19.7. The van der Waals surface area contributed by atoms with E-state index in [2.05, 4.69) is 4.90 Å². The van der Waals surface area contributed by atoms with Crippen molar-refractivity contribution >= 4 is 5.91 Å². The van der Waals surface area contributed by atoms with E-state index in [0.29, 0.717) is 13.2 Å². The van der Waals surface area contributed by atoms with Crippen LogP contribution in [0.4, 0.5) is 4.39 Å². The molecular weight excluding hydrogens is 311 g/mol. The zero-order chi connectivity index (χ0) is 17.3. The predicted molar refractivity (Wildman–Crippen MR) is 87.8 cm³/mol. The van der Waals surface area contributed by atoms with E-state index in [1.807, 2.05) is 6.07 Å². The Hall–Kier alpha value is -1.50. The number of benzene rings is 1. The van der Waals surface area contributed by atoms with E-state index in [1.54, 1.807) is 20.2 Å². The average Bonchev–Trinajstić information content (AvgIpc) is 2.92. The lowest BCUT2D eigenvalue weighted by molar-refractivity contribution is -0.135. The van der Waals surface area contributed by atoms with E-state index in [1.165, 1.54) is 11.0 Å². The van der Waals surface area contributed by atoms with Gasteiger partial charge in [-0.2, -0.15) is 0 Å². The van der Waals surface area contributed by atoms with Gasteiger partial charge in [0.25, 0.3) is 0 Å². The Morgan fingerprint density at radius 2 is 2.12 bits per heavy atom. The van der Waals surface area contributed by atoms with Gasteiger partial charge in [0.1, 0.15) is 5.82 Å². The Labute approximate surface area is 142 Å². The number of hydrogen-bond donors (Lipinski definition) is 1. The second-order valence-corrected chi connectivity index (χ2v) is 7.00. The molecule has 132 valence electrons. The normalized spacial score (nSPS) is 20.8. The van der Waals surface area contributed by atoms with Crippen LogP contribution in [0.5, 0.6) is 0 Å². The van der Waals surface area contributed by atoms with Gasteiger partial charge in [0.05, 0.1) is 24.7 Å². The Morgan fingerprint density at radius 1 is 1.42 bits per heavy atom. The first-order valence-electron chi connectivity index (χ1n) is 8.42. The molecule has 1 aromatic rings. The summed E-state index contributed by atoms with van der Waals surface area (Å²) in [4.78, 5) is 15.8. The molecule has 2 heterocycles. The lowest BCUT2D eigenvalue weighted by Gasteiger charge is -2.40. The van der Waals surface area contributed by atoms with Crippen molar-refractivity contribution in [3.8, 4) is 0 Å². The summed E-state index contributed by atoms with van der Waals surface area (Å²) in [7, 11) is 3.40. The van der Waals surface area contributed by atoms with E-state index in [9.17, 15) is 14.3 Å². The first kappa shape index (κ1) is 17.3. The molecule has 1 aromatic carbocycles. The summed E-state index contributed by atoms with van der Waals surface area (Å²) in [6.07, 6.45) is 1.55. The zero-order valence-corrected chi connectivity index (χ0v) is 14.3. The van der Waals surface area contributed by atoms with Crippen LogP contribution in [0, 0.1) is 11.7 Å². The highest BCUT2D eigenvalue weighted by Crippen LogP contribution is 2.44. The van der Waals surface area contributed by atoms with Gasteiger partial charge in [-0.15, -0.1) is 0 Å². The fraction of sp³-hybridized carbons (Fsp3) is 0.611. The quantitative estimate of drug-likeness (QED) is 0.902. The third-order valence-electron chi connectivity index (χ3n) is 5.22. The van der Waals surface area contributed by atoms with Crippen molar-refractivity contribution in [1.29, 1.82) is 0 Å². The number of likely N-dealkylation sites (tertiary alicyclic amines) is 1. The van der Waals surface area contributed by atoms with Crippen LogP contribution in [0.3, 0.4) is 0 Å². The van der Waals surface area contributed by atoms with Gasteiger partial charge in [0.15, 0.2) is 0 Å². The van der Waals surface area contributed by atoms with Gasteiger partial charge in [-0.3, -0.25) is 4.79 Å². The molecule has 1 N–H and O–H groups in total. The van der Waals surface area contributed by atoms with Crippen LogP contribution < -0.4 is 0 Å². The maximum atomic E-state index is 13.6. The highest BCUT2D eigenvalue weighted by atomic mass is 19.1. The van der Waals surface area contributed by atoms with E-state index < -0.39 is 11.5 Å². The number of ether oxygens (including phenoxy) is 1. The molecule has 0 saturated carbocycles. The minimum Gasteiger partial charge on any atom is -0.395 e. The number of aliphatic hydroxyl groups excluding tert-OH is 1. The number of amides is 1. The largest absolute Gasteiger partial charge is 0.395 e. The Balaban J connectivity index is 1.65. The molecule has 1 atom stereocenters. The number of aliphatic hydroxyl groups is 1. The first-order valence-corrected chi connectivity index (χ1v) is 8.42. The number of carbonyl (C=O) groups is 1. The van der Waals surface area contributed by atoms with E-state index in [-0.39, 0.29) is 18.3 Å². The van der Waals surface area contributed by atoms with Crippen LogP contribution in [-0.4, -0.2) is 61.2 Å². The van der Waals surface area contributed by atoms with Gasteiger partial charge >= 0.3 is 0 Å². The van der Waals surface area contributed by atoms with Crippen molar-refractivity contribution in [2.45, 2.75) is 25.0 Å². The monoisotopic (exact) mass is 336 g/mol. The summed E-state index contributed by atoms with van der Waals surface area (Å²) in [6, 6.07) is 4.89. The van der Waals surface area contributed by atoms with Crippen LogP contribution in [-0.2, 0) is 21.7 Å². The van der Waals surface area contributed by atoms with E-state index in [0.717, 1.165) is 37.1 Å². The number of fused-ring (bicyclic) bond motifs is 2. The molecule has 1 saturated heterocycles. The molecule has 0 aliphatic carbocycles. The summed E-state index contributed by atoms with van der Waals surface area (Å²) in [6.45, 7) is 2.47. The minimum atomic E-state index is -0.400. The average molecular weight is 336 g/mol. The molecule has 1 unspecified atom stereocenters. The molecule has 1 spiro atoms. The molecule has 2 aliphatic heterocycles. The molecule has 1 amide bonds. The standard InChI is InChI=1S/C18H25FN2O3/c1-20(2)17(23)14(11-22)10-21-7-5-18(6-8-21)16-9-15(19)4-3-13(16)12-24-18/h3-4,9,14,22H,5-8,10-12H2,1-2H3. The van der Waals surface area contributed by atoms with Crippen LogP contribution in [0.2, 0.25) is 0 Å². The number of hydrogen-bond acceptors (Lipinski definition) is 4. The molecule has 5 nitrogen and oxygen atoms in total. The van der Waals surface area contributed by atoms with Gasteiger partial charge in [0.2, 0.25) is 5.91 Å². The van der Waals surface area contributed by atoms with Gasteiger partial charge in [-0.25, -0.2) is 4.39 Å². The number of piperidine rings is 1. The van der Waals surface area contributed by atoms with Crippen molar-refractivity contribution in [3.05, 3.63) is 35.1 Å². The lowest BCUT2D eigenvalue weighted by atomic mass is 9.83. The molecule has 3 rings (SSSR count). The minimum absolute atomic E-state index is 0.0534. The molecular formula is C18H25FN2O3. The number of nitrogens with zero attached hydrogens (tertiary/aromatic N) is 2. The SMILES string of the molecule is CN(C)C(=O)C(CO)CN1CCC2(CC1)OCc1ccc(F)cc12. The van der Waals surface area contributed by atoms with Crippen LogP contribution in [0.25, 0.3) is 0 Å². The lowest BCUT2D eigenvalue weighted by Crippen LogP contribution is -2.47. The molecule has 0 radical (unpaired) electrons. The zero-order valence-electron chi connectivity index (χ0n) is 14.3. The van der Waals surface area contributed by atoms with Crippen molar-refractivity contribution in [1.82, 2.24) is 9.80 Å². The second-order valence-electron chi connectivity index (χ2n) is 7.00. The van der Waals surface area contributed by atoms with Gasteiger partial charge in [-0.05, 0) is 36.1 Å². The summed E-state index contributed by atoms with van der Waals surface area (Å²) in [5.74, 6) is -0.677. The summed E-state index contributed by atoms with van der Waals surface area (Å²) >= 11 is 0. The highest BCUT2D eigenvalue weighted by molar-refractivity contribution is 5.78. The van der Waals surface area contributed by atoms with E-state index >= 15 is 0 Å². The fourth-order valence-corrected chi connectivity index (χ4v) is 3.79. The molecule has 2 aliphatic rings. The maximum Gasteiger partial charge on any atom is 0.228 e. The second kappa shape index (κ2) is 6.78. The van der Waals surface area contributed by atoms with Gasteiger partial charge in [0, 0.05) is 33.7 Å². The van der Waals surface area contributed by atoms with Crippen LogP contribution in [0.15, 0.2) is 18.2 Å². The Kier molecular flexibility index (Phi) is 4.90. The first-order chi connectivity index (χ1) is 11.4. The smallest absolute Gasteiger partial charge is 0.228 e. The predicted octanol–water partition coefficient (Wildman–Crippen LogP) is 1.34. The Morgan fingerprint density at radius 3 is 2.75 bits per heavy atom. The fourth-order valence-electron chi connectivity index (χ4n) is 3.79.